The molecule has 1 saturated heterocycles. The lowest BCUT2D eigenvalue weighted by molar-refractivity contribution is 0.0629. The van der Waals surface area contributed by atoms with Crippen LogP contribution in [0.2, 0.25) is 5.02 Å². The Morgan fingerprint density at radius 2 is 1.70 bits per heavy atom. The second-order valence-electron chi connectivity index (χ2n) is 8.24. The van der Waals surface area contributed by atoms with Gasteiger partial charge in [0.15, 0.2) is 0 Å². The van der Waals surface area contributed by atoms with Crippen molar-refractivity contribution in [1.82, 2.24) is 14.7 Å². The lowest BCUT2D eigenvalue weighted by Gasteiger charge is -2.34. The molecule has 0 unspecified atom stereocenters. The Labute approximate surface area is 204 Å². The zero-order valence-electron chi connectivity index (χ0n) is 19.0. The summed E-state index contributed by atoms with van der Waals surface area (Å²) in [4.78, 5) is 33.9. The summed E-state index contributed by atoms with van der Waals surface area (Å²) in [5.74, 6) is -0.0760. The third-order valence-corrected chi connectivity index (χ3v) is 7.34. The molecule has 2 amide bonds. The monoisotopic (exact) mass is 481 g/mol. The van der Waals surface area contributed by atoms with Crippen LogP contribution in [0.15, 0.2) is 60.7 Å². The number of hydrogen-bond acceptors (Lipinski definition) is 4. The molecule has 4 rings (SSSR count). The van der Waals surface area contributed by atoms with Crippen LogP contribution in [0.5, 0.6) is 0 Å². The third kappa shape index (κ3) is 5.64. The van der Waals surface area contributed by atoms with E-state index in [2.05, 4.69) is 23.1 Å². The van der Waals surface area contributed by atoms with Crippen molar-refractivity contribution >= 4 is 34.8 Å². The van der Waals surface area contributed by atoms with Crippen molar-refractivity contribution in [1.29, 1.82) is 0 Å². The summed E-state index contributed by atoms with van der Waals surface area (Å²) in [7, 11) is 1.77. The van der Waals surface area contributed by atoms with E-state index in [1.54, 1.807) is 47.5 Å². The second-order valence-corrected chi connectivity index (χ2v) is 9.85. The van der Waals surface area contributed by atoms with Gasteiger partial charge in [-0.2, -0.15) is 0 Å². The molecule has 7 heteroatoms. The predicted molar refractivity (Wildman–Crippen MR) is 135 cm³/mol. The minimum absolute atomic E-state index is 0.0113. The molecule has 0 N–H and O–H groups in total. The van der Waals surface area contributed by atoms with Crippen LogP contribution in [0.25, 0.3) is 10.4 Å². The van der Waals surface area contributed by atoms with Gasteiger partial charge < -0.3 is 9.80 Å². The largest absolute Gasteiger partial charge is 0.342 e. The van der Waals surface area contributed by atoms with Crippen LogP contribution in [-0.2, 0) is 6.54 Å². The van der Waals surface area contributed by atoms with Gasteiger partial charge in [-0.3, -0.25) is 14.5 Å². The molecule has 0 atom stereocenters. The van der Waals surface area contributed by atoms with Crippen molar-refractivity contribution in [3.63, 3.8) is 0 Å². The van der Waals surface area contributed by atoms with Crippen molar-refractivity contribution in [3.8, 4) is 10.4 Å². The van der Waals surface area contributed by atoms with Gasteiger partial charge in [0, 0.05) is 72.2 Å². The zero-order chi connectivity index (χ0) is 23.4. The first kappa shape index (κ1) is 23.5. The summed E-state index contributed by atoms with van der Waals surface area (Å²) in [6.45, 7) is 6.45. The molecule has 0 aliphatic carbocycles. The fraction of sp³-hybridized carbons (Fsp3) is 0.308. The van der Waals surface area contributed by atoms with E-state index < -0.39 is 0 Å². The van der Waals surface area contributed by atoms with E-state index in [1.165, 1.54) is 9.75 Å². The van der Waals surface area contributed by atoms with Crippen LogP contribution in [-0.4, -0.2) is 66.3 Å². The molecule has 2 aromatic carbocycles. The van der Waals surface area contributed by atoms with E-state index in [4.69, 9.17) is 11.6 Å². The molecule has 3 aromatic rings. The Hall–Kier alpha value is -2.67. The molecule has 1 fully saturated rings. The quantitative estimate of drug-likeness (QED) is 0.491. The van der Waals surface area contributed by atoms with E-state index in [1.807, 2.05) is 30.0 Å². The molecule has 0 radical (unpaired) electrons. The van der Waals surface area contributed by atoms with Crippen molar-refractivity contribution in [2.45, 2.75) is 13.5 Å². The van der Waals surface area contributed by atoms with Gasteiger partial charge in [-0.15, -0.1) is 11.3 Å². The maximum atomic E-state index is 13.0. The average molecular weight is 482 g/mol. The number of piperazine rings is 1. The minimum Gasteiger partial charge on any atom is -0.342 e. The van der Waals surface area contributed by atoms with Gasteiger partial charge >= 0.3 is 0 Å². The SMILES string of the molecule is CCN(C)C(=O)c1cccc(C(=O)N2CCN(Cc3ccc(-c4cccc(Cl)c4)s3)CC2)c1. The third-order valence-electron chi connectivity index (χ3n) is 5.99. The van der Waals surface area contributed by atoms with Crippen LogP contribution in [0.1, 0.15) is 32.5 Å². The summed E-state index contributed by atoms with van der Waals surface area (Å²) >= 11 is 7.91. The van der Waals surface area contributed by atoms with Gasteiger partial charge in [0.25, 0.3) is 11.8 Å². The summed E-state index contributed by atoms with van der Waals surface area (Å²) in [6.07, 6.45) is 0. The number of benzene rings is 2. The van der Waals surface area contributed by atoms with Crippen LogP contribution in [0.3, 0.4) is 0 Å². The van der Waals surface area contributed by atoms with Crippen molar-refractivity contribution in [2.24, 2.45) is 0 Å². The van der Waals surface area contributed by atoms with Crippen molar-refractivity contribution in [3.05, 3.63) is 81.7 Å². The van der Waals surface area contributed by atoms with E-state index in [-0.39, 0.29) is 11.8 Å². The molecule has 5 nitrogen and oxygen atoms in total. The molecule has 0 bridgehead atoms. The minimum atomic E-state index is -0.0648. The molecule has 0 spiro atoms. The Bertz CT molecular complexity index is 1140. The molecule has 172 valence electrons. The van der Waals surface area contributed by atoms with Crippen molar-refractivity contribution in [2.75, 3.05) is 39.8 Å². The highest BCUT2D eigenvalue weighted by Crippen LogP contribution is 2.30. The first-order chi connectivity index (χ1) is 15.9. The fourth-order valence-corrected chi connectivity index (χ4v) is 5.16. The number of amides is 2. The van der Waals surface area contributed by atoms with Gasteiger partial charge in [0.05, 0.1) is 0 Å². The normalized spacial score (nSPS) is 14.3. The highest BCUT2D eigenvalue weighted by molar-refractivity contribution is 7.15. The topological polar surface area (TPSA) is 43.9 Å². The number of carbonyl (C=O) groups excluding carboxylic acids is 2. The summed E-state index contributed by atoms with van der Waals surface area (Å²) in [5, 5.41) is 0.746. The number of rotatable bonds is 6. The molecule has 0 saturated carbocycles. The molecule has 1 aliphatic rings. The maximum Gasteiger partial charge on any atom is 0.253 e. The summed E-state index contributed by atoms with van der Waals surface area (Å²) in [6, 6.07) is 19.3. The van der Waals surface area contributed by atoms with Gasteiger partial charge in [0.1, 0.15) is 0 Å². The lowest BCUT2D eigenvalue weighted by atomic mass is 10.1. The standard InChI is InChI=1S/C26H28ClN3O2S/c1-3-28(2)25(31)20-7-4-8-21(16-20)26(32)30-14-12-29(13-15-30)18-23-10-11-24(33-23)19-6-5-9-22(27)17-19/h4-11,16-17H,3,12-15,18H2,1-2H3. The van der Waals surface area contributed by atoms with E-state index in [0.717, 1.165) is 30.2 Å². The summed E-state index contributed by atoms with van der Waals surface area (Å²) in [5.41, 5.74) is 2.26. The van der Waals surface area contributed by atoms with E-state index in [9.17, 15) is 9.59 Å². The molecule has 2 heterocycles. The van der Waals surface area contributed by atoms with Crippen LogP contribution in [0, 0.1) is 0 Å². The molecular formula is C26H28ClN3O2S. The molecule has 1 aromatic heterocycles. The Morgan fingerprint density at radius 1 is 0.970 bits per heavy atom. The molecular weight excluding hydrogens is 454 g/mol. The number of carbonyl (C=O) groups is 2. The smallest absolute Gasteiger partial charge is 0.253 e. The number of halogens is 1. The van der Waals surface area contributed by atoms with E-state index >= 15 is 0 Å². The second kappa shape index (κ2) is 10.5. The first-order valence-corrected chi connectivity index (χ1v) is 12.4. The van der Waals surface area contributed by atoms with Crippen LogP contribution in [0.4, 0.5) is 0 Å². The molecule has 1 aliphatic heterocycles. The highest BCUT2D eigenvalue weighted by Gasteiger charge is 2.23. The highest BCUT2D eigenvalue weighted by atomic mass is 35.5. The van der Waals surface area contributed by atoms with Gasteiger partial charge in [-0.1, -0.05) is 29.8 Å². The molecule has 33 heavy (non-hydrogen) atoms. The van der Waals surface area contributed by atoms with Crippen LogP contribution < -0.4 is 0 Å². The van der Waals surface area contributed by atoms with Crippen LogP contribution >= 0.6 is 22.9 Å². The van der Waals surface area contributed by atoms with Gasteiger partial charge in [0.2, 0.25) is 0 Å². The number of nitrogens with zero attached hydrogens (tertiary/aromatic N) is 3. The average Bonchev–Trinajstić information content (AvgIpc) is 3.31. The Morgan fingerprint density at radius 3 is 2.42 bits per heavy atom. The maximum absolute atomic E-state index is 13.0. The van der Waals surface area contributed by atoms with E-state index in [0.29, 0.717) is 30.8 Å². The zero-order valence-corrected chi connectivity index (χ0v) is 20.5. The Kier molecular flexibility index (Phi) is 7.48. The fourth-order valence-electron chi connectivity index (χ4n) is 3.92. The van der Waals surface area contributed by atoms with Gasteiger partial charge in [-0.25, -0.2) is 0 Å². The summed E-state index contributed by atoms with van der Waals surface area (Å²) < 4.78 is 0. The van der Waals surface area contributed by atoms with Gasteiger partial charge in [-0.05, 0) is 55.0 Å². The predicted octanol–water partition coefficient (Wildman–Crippen LogP) is 5.12. The van der Waals surface area contributed by atoms with Crippen molar-refractivity contribution < 1.29 is 9.59 Å². The number of thiophene rings is 1. The lowest BCUT2D eigenvalue weighted by Crippen LogP contribution is -2.48. The number of hydrogen-bond donors (Lipinski definition) is 0. The Balaban J connectivity index is 1.34. The first-order valence-electron chi connectivity index (χ1n) is 11.2.